The number of H-pyrrole nitrogens is 2. The van der Waals surface area contributed by atoms with Crippen LogP contribution in [-0.4, -0.2) is 70.6 Å². The lowest BCUT2D eigenvalue weighted by molar-refractivity contribution is -0.137. The summed E-state index contributed by atoms with van der Waals surface area (Å²) in [5, 5.41) is 3.25. The van der Waals surface area contributed by atoms with Gasteiger partial charge in [0.25, 0.3) is 0 Å². The SMILES string of the molecule is CC(C)[C@H](C)C(=O)N1CCC[C@H]1c1ncc(-c2ccc(-c3ccc(-c4cnc([C@@H]5CCCN5C(=O)[C@H](Nc5ncccn5)C(C)C)[nH]4)cc3)cc2)[nH]1. The second-order valence-electron chi connectivity index (χ2n) is 14.9. The van der Waals surface area contributed by atoms with Crippen molar-refractivity contribution in [3.8, 4) is 33.6 Å². The number of hydrogen-bond donors (Lipinski definition) is 3. The van der Waals surface area contributed by atoms with Gasteiger partial charge in [-0.05, 0) is 65.8 Å². The quantitative estimate of drug-likeness (QED) is 0.129. The summed E-state index contributed by atoms with van der Waals surface area (Å²) < 4.78 is 0. The van der Waals surface area contributed by atoms with Crippen LogP contribution < -0.4 is 5.32 Å². The summed E-state index contributed by atoms with van der Waals surface area (Å²) in [6, 6.07) is 18.1. The molecular weight excluding hydrogens is 651 g/mol. The summed E-state index contributed by atoms with van der Waals surface area (Å²) in [6.45, 7) is 11.8. The molecule has 5 heterocycles. The van der Waals surface area contributed by atoms with E-state index in [2.05, 4.69) is 87.6 Å². The first-order chi connectivity index (χ1) is 25.2. The zero-order valence-electron chi connectivity index (χ0n) is 30.7. The van der Waals surface area contributed by atoms with Crippen LogP contribution in [0.15, 0.2) is 79.4 Å². The van der Waals surface area contributed by atoms with E-state index in [4.69, 9.17) is 9.97 Å². The third-order valence-electron chi connectivity index (χ3n) is 10.8. The highest BCUT2D eigenvalue weighted by Gasteiger charge is 2.37. The topological polar surface area (TPSA) is 136 Å². The number of likely N-dealkylation sites (tertiary alicyclic amines) is 2. The Bertz CT molecular complexity index is 1970. The van der Waals surface area contributed by atoms with Crippen molar-refractivity contribution in [1.29, 1.82) is 0 Å². The number of hydrogen-bond acceptors (Lipinski definition) is 7. The van der Waals surface area contributed by atoms with Gasteiger partial charge in [-0.3, -0.25) is 9.59 Å². The van der Waals surface area contributed by atoms with Crippen LogP contribution in [-0.2, 0) is 9.59 Å². The number of nitrogens with zero attached hydrogens (tertiary/aromatic N) is 6. The maximum absolute atomic E-state index is 13.8. The molecule has 2 saturated heterocycles. The molecule has 0 bridgehead atoms. The number of aromatic amines is 2. The minimum atomic E-state index is -0.436. The van der Waals surface area contributed by atoms with Crippen molar-refractivity contribution in [2.24, 2.45) is 17.8 Å². The van der Waals surface area contributed by atoms with Crippen LogP contribution in [0.4, 0.5) is 5.95 Å². The number of imidazole rings is 2. The Kier molecular flexibility index (Phi) is 10.2. The fraction of sp³-hybridized carbons (Fsp3) is 0.415. The van der Waals surface area contributed by atoms with E-state index in [0.29, 0.717) is 18.4 Å². The number of rotatable bonds is 11. The first-order valence-corrected chi connectivity index (χ1v) is 18.6. The first-order valence-electron chi connectivity index (χ1n) is 18.6. The third kappa shape index (κ3) is 7.22. The van der Waals surface area contributed by atoms with Crippen LogP contribution in [0.2, 0.25) is 0 Å². The van der Waals surface area contributed by atoms with Gasteiger partial charge in [-0.15, -0.1) is 0 Å². The highest BCUT2D eigenvalue weighted by molar-refractivity contribution is 5.85. The summed E-state index contributed by atoms with van der Waals surface area (Å²) in [7, 11) is 0. The molecule has 3 aromatic heterocycles. The fourth-order valence-electron chi connectivity index (χ4n) is 7.37. The second kappa shape index (κ2) is 15.1. The minimum absolute atomic E-state index is 0.000721. The Labute approximate surface area is 305 Å². The summed E-state index contributed by atoms with van der Waals surface area (Å²) in [5.41, 5.74) is 6.19. The Balaban J connectivity index is 1.00. The second-order valence-corrected chi connectivity index (χ2v) is 14.9. The molecule has 4 atom stereocenters. The number of carbonyl (C=O) groups excluding carboxylic acids is 2. The molecule has 5 aromatic rings. The number of nitrogens with one attached hydrogen (secondary N) is 3. The van der Waals surface area contributed by atoms with E-state index in [-0.39, 0.29) is 35.7 Å². The van der Waals surface area contributed by atoms with E-state index in [9.17, 15) is 9.59 Å². The molecule has 2 amide bonds. The molecule has 0 radical (unpaired) electrons. The molecule has 3 N–H and O–H groups in total. The molecular formula is C41H49N9O2. The predicted molar refractivity (Wildman–Crippen MR) is 203 cm³/mol. The molecule has 0 spiro atoms. The Morgan fingerprint density at radius 1 is 0.654 bits per heavy atom. The fourth-order valence-corrected chi connectivity index (χ4v) is 7.37. The maximum Gasteiger partial charge on any atom is 0.246 e. The van der Waals surface area contributed by atoms with Crippen molar-refractivity contribution in [3.05, 3.63) is 91.0 Å². The standard InChI is InChI=1S/C41H49N9O2/c1-25(2)27(5)39(51)49-21-6-9-34(49)37-44-23-32(46-37)30-15-11-28(12-16-30)29-13-17-31(18-14-29)33-24-45-38(47-33)35-10-7-22-50(35)40(52)36(26(3)4)48-41-42-19-8-20-43-41/h8,11-20,23-27,34-36H,6-7,9-10,21-22H2,1-5H3,(H,44,46)(H,45,47)(H,42,43,48)/t27-,34-,35-,36+/m0/s1. The zero-order valence-corrected chi connectivity index (χ0v) is 30.7. The lowest BCUT2D eigenvalue weighted by Gasteiger charge is -2.30. The zero-order chi connectivity index (χ0) is 36.4. The van der Waals surface area contributed by atoms with Crippen LogP contribution in [0.25, 0.3) is 33.6 Å². The first kappa shape index (κ1) is 35.1. The van der Waals surface area contributed by atoms with Gasteiger partial charge >= 0.3 is 0 Å². The van der Waals surface area contributed by atoms with Crippen LogP contribution >= 0.6 is 0 Å². The minimum Gasteiger partial charge on any atom is -0.342 e. The number of carbonyl (C=O) groups is 2. The van der Waals surface area contributed by atoms with Gasteiger partial charge < -0.3 is 25.1 Å². The largest absolute Gasteiger partial charge is 0.342 e. The Morgan fingerprint density at radius 3 is 1.58 bits per heavy atom. The number of benzene rings is 2. The third-order valence-corrected chi connectivity index (χ3v) is 10.8. The van der Waals surface area contributed by atoms with Crippen molar-refractivity contribution in [1.82, 2.24) is 39.7 Å². The van der Waals surface area contributed by atoms with E-state index >= 15 is 0 Å². The van der Waals surface area contributed by atoms with Gasteiger partial charge in [0.1, 0.15) is 17.7 Å². The van der Waals surface area contributed by atoms with Crippen molar-refractivity contribution < 1.29 is 9.59 Å². The summed E-state index contributed by atoms with van der Waals surface area (Å²) >= 11 is 0. The molecule has 270 valence electrons. The van der Waals surface area contributed by atoms with Crippen LogP contribution in [0, 0.1) is 17.8 Å². The molecule has 0 saturated carbocycles. The van der Waals surface area contributed by atoms with Gasteiger partial charge in [0, 0.05) is 31.4 Å². The normalized spacial score (nSPS) is 18.7. The number of amides is 2. The Morgan fingerprint density at radius 2 is 1.12 bits per heavy atom. The smallest absolute Gasteiger partial charge is 0.246 e. The van der Waals surface area contributed by atoms with Crippen LogP contribution in [0.3, 0.4) is 0 Å². The molecule has 0 unspecified atom stereocenters. The number of aromatic nitrogens is 6. The monoisotopic (exact) mass is 699 g/mol. The van der Waals surface area contributed by atoms with Crippen molar-refractivity contribution >= 4 is 17.8 Å². The number of anilines is 1. The highest BCUT2D eigenvalue weighted by Crippen LogP contribution is 2.35. The predicted octanol–water partition coefficient (Wildman–Crippen LogP) is 7.68. The average Bonchev–Trinajstić information content (AvgIpc) is 4.00. The summed E-state index contributed by atoms with van der Waals surface area (Å²) in [6.07, 6.45) is 10.8. The molecule has 2 aromatic carbocycles. The van der Waals surface area contributed by atoms with E-state index < -0.39 is 6.04 Å². The van der Waals surface area contributed by atoms with Crippen LogP contribution in [0.5, 0.6) is 0 Å². The molecule has 52 heavy (non-hydrogen) atoms. The molecule has 2 fully saturated rings. The van der Waals surface area contributed by atoms with Crippen molar-refractivity contribution in [2.45, 2.75) is 78.4 Å². The molecule has 2 aliphatic heterocycles. The summed E-state index contributed by atoms with van der Waals surface area (Å²) in [5.74, 6) is 2.74. The lowest BCUT2D eigenvalue weighted by Crippen LogP contribution is -2.45. The van der Waals surface area contributed by atoms with Gasteiger partial charge in [-0.25, -0.2) is 19.9 Å². The molecule has 2 aliphatic rings. The van der Waals surface area contributed by atoms with Gasteiger partial charge in [0.15, 0.2) is 0 Å². The van der Waals surface area contributed by atoms with Crippen molar-refractivity contribution in [3.63, 3.8) is 0 Å². The lowest BCUT2D eigenvalue weighted by atomic mass is 9.96. The van der Waals surface area contributed by atoms with E-state index in [1.54, 1.807) is 18.5 Å². The average molecular weight is 700 g/mol. The van der Waals surface area contributed by atoms with Crippen LogP contribution in [0.1, 0.15) is 84.0 Å². The summed E-state index contributed by atoms with van der Waals surface area (Å²) in [4.78, 5) is 56.0. The maximum atomic E-state index is 13.8. The van der Waals surface area contributed by atoms with E-state index in [1.165, 1.54) is 0 Å². The highest BCUT2D eigenvalue weighted by atomic mass is 16.2. The van der Waals surface area contributed by atoms with Gasteiger partial charge in [-0.2, -0.15) is 0 Å². The van der Waals surface area contributed by atoms with E-state index in [0.717, 1.165) is 77.5 Å². The van der Waals surface area contributed by atoms with Gasteiger partial charge in [0.2, 0.25) is 17.8 Å². The molecule has 0 aliphatic carbocycles. The van der Waals surface area contributed by atoms with Gasteiger partial charge in [0.05, 0.1) is 35.9 Å². The Hall–Kier alpha value is -5.32. The van der Waals surface area contributed by atoms with Crippen molar-refractivity contribution in [2.75, 3.05) is 18.4 Å². The molecule has 7 rings (SSSR count). The molecule has 11 nitrogen and oxygen atoms in total. The van der Waals surface area contributed by atoms with E-state index in [1.807, 2.05) is 43.0 Å². The van der Waals surface area contributed by atoms with Gasteiger partial charge in [-0.1, -0.05) is 83.1 Å². The molecule has 11 heteroatoms.